The van der Waals surface area contributed by atoms with Gasteiger partial charge in [-0.25, -0.2) is 22.9 Å². The number of aromatic nitrogens is 2. The van der Waals surface area contributed by atoms with Crippen LogP contribution in [0.25, 0.3) is 0 Å². The van der Waals surface area contributed by atoms with E-state index in [0.717, 1.165) is 5.56 Å². The number of benzene rings is 2. The number of fused-ring (bicyclic) bond motifs is 1. The number of anilines is 4. The topological polar surface area (TPSA) is 122 Å². The number of halogens is 1. The average Bonchev–Trinajstić information content (AvgIpc) is 2.74. The van der Waals surface area contributed by atoms with Crippen molar-refractivity contribution in [2.45, 2.75) is 17.9 Å². The second-order valence-electron chi connectivity index (χ2n) is 7.51. The van der Waals surface area contributed by atoms with Gasteiger partial charge in [0.15, 0.2) is 5.82 Å². The summed E-state index contributed by atoms with van der Waals surface area (Å²) in [5.41, 5.74) is 2.41. The van der Waals surface area contributed by atoms with Gasteiger partial charge in [0.1, 0.15) is 17.5 Å². The lowest BCUT2D eigenvalue weighted by molar-refractivity contribution is -0.120. The number of hydrogen-bond donors (Lipinski definition) is 2. The number of rotatable bonds is 4. The molecule has 3 aromatic rings. The molecule has 2 heterocycles. The zero-order valence-electron chi connectivity index (χ0n) is 17.6. The maximum Gasteiger partial charge on any atom is 0.254 e. The normalized spacial score (nSPS) is 16.2. The summed E-state index contributed by atoms with van der Waals surface area (Å²) in [5, 5.41) is 8.13. The van der Waals surface area contributed by atoms with Gasteiger partial charge >= 0.3 is 0 Å². The highest BCUT2D eigenvalue weighted by Gasteiger charge is 2.38. The number of primary sulfonamides is 1. The summed E-state index contributed by atoms with van der Waals surface area (Å²) in [6.45, 7) is 1.82. The van der Waals surface area contributed by atoms with Gasteiger partial charge in [-0.1, -0.05) is 6.07 Å². The van der Waals surface area contributed by atoms with E-state index in [9.17, 15) is 17.6 Å². The Morgan fingerprint density at radius 2 is 1.81 bits per heavy atom. The highest BCUT2D eigenvalue weighted by molar-refractivity contribution is 7.89. The summed E-state index contributed by atoms with van der Waals surface area (Å²) in [5.74, 6) is 0.0839. The third-order valence-corrected chi connectivity index (χ3v) is 6.30. The Hall–Kier alpha value is -3.57. The largest absolute Gasteiger partial charge is 0.342 e. The molecule has 3 N–H and O–H groups in total. The Balaban J connectivity index is 1.69. The molecule has 1 unspecified atom stereocenters. The minimum Gasteiger partial charge on any atom is -0.342 e. The van der Waals surface area contributed by atoms with Crippen LogP contribution in [0.1, 0.15) is 17.2 Å². The number of likely N-dealkylation sites (N-methyl/N-ethyl adjacent to an activating group) is 2. The fourth-order valence-electron chi connectivity index (χ4n) is 3.62. The fourth-order valence-corrected chi connectivity index (χ4v) is 4.13. The molecule has 32 heavy (non-hydrogen) atoms. The molecule has 0 fully saturated rings. The smallest absolute Gasteiger partial charge is 0.254 e. The Labute approximate surface area is 184 Å². The summed E-state index contributed by atoms with van der Waals surface area (Å²) in [6.07, 6.45) is 1.52. The van der Waals surface area contributed by atoms with Crippen LogP contribution in [0.15, 0.2) is 53.6 Å². The zero-order valence-corrected chi connectivity index (χ0v) is 18.4. The number of nitrogens with two attached hydrogens (primary N) is 1. The lowest BCUT2D eigenvalue weighted by atomic mass is 9.97. The predicted octanol–water partition coefficient (Wildman–Crippen LogP) is 2.47. The van der Waals surface area contributed by atoms with E-state index in [2.05, 4.69) is 15.3 Å². The molecule has 0 saturated heterocycles. The number of sulfonamides is 1. The predicted molar refractivity (Wildman–Crippen MR) is 119 cm³/mol. The SMILES string of the molecule is Cc1ccc(F)cc1C1C(=O)N(C)c2cnc(Nc3ccc(S(N)(=O)=O)cc3)nc2N1C. The Kier molecular flexibility index (Phi) is 5.31. The molecule has 0 saturated carbocycles. The minimum atomic E-state index is -3.79. The number of amides is 1. The standard InChI is InChI=1S/C21H21FN6O3S/c1-12-4-5-13(22)10-16(12)18-20(29)27(2)17-11-24-21(26-19(17)28(18)3)25-14-6-8-15(9-7-14)32(23,30)31/h4-11,18H,1-3H3,(H2,23,30,31)(H,24,25,26). The van der Waals surface area contributed by atoms with Gasteiger partial charge in [0.2, 0.25) is 16.0 Å². The molecule has 166 valence electrons. The number of carbonyl (C=O) groups is 1. The van der Waals surface area contributed by atoms with Gasteiger partial charge < -0.3 is 15.1 Å². The van der Waals surface area contributed by atoms with E-state index in [-0.39, 0.29) is 16.8 Å². The fraction of sp³-hybridized carbons (Fsp3) is 0.190. The molecular weight excluding hydrogens is 435 g/mol. The first-order chi connectivity index (χ1) is 15.1. The second kappa shape index (κ2) is 7.84. The van der Waals surface area contributed by atoms with Crippen LogP contribution in [0.2, 0.25) is 0 Å². The van der Waals surface area contributed by atoms with E-state index in [1.54, 1.807) is 37.2 Å². The Bertz CT molecular complexity index is 1310. The Morgan fingerprint density at radius 3 is 2.47 bits per heavy atom. The van der Waals surface area contributed by atoms with Crippen molar-refractivity contribution in [1.82, 2.24) is 9.97 Å². The quantitative estimate of drug-likeness (QED) is 0.618. The van der Waals surface area contributed by atoms with Crippen LogP contribution in [0.5, 0.6) is 0 Å². The van der Waals surface area contributed by atoms with Gasteiger partial charge in [-0.05, 0) is 54.4 Å². The number of aryl methyl sites for hydroxylation is 1. The van der Waals surface area contributed by atoms with Crippen molar-refractivity contribution >= 4 is 39.1 Å². The van der Waals surface area contributed by atoms with Crippen molar-refractivity contribution in [3.8, 4) is 0 Å². The van der Waals surface area contributed by atoms with Gasteiger partial charge in [0, 0.05) is 19.8 Å². The van der Waals surface area contributed by atoms with E-state index in [0.29, 0.717) is 22.8 Å². The summed E-state index contributed by atoms with van der Waals surface area (Å²) >= 11 is 0. The molecule has 2 aromatic carbocycles. The maximum atomic E-state index is 13.9. The van der Waals surface area contributed by atoms with Crippen LogP contribution in [0, 0.1) is 12.7 Å². The molecular formula is C21H21FN6O3S. The molecule has 0 spiro atoms. The lowest BCUT2D eigenvalue weighted by Crippen LogP contribution is -2.45. The summed E-state index contributed by atoms with van der Waals surface area (Å²) in [4.78, 5) is 25.0. The molecule has 1 amide bonds. The van der Waals surface area contributed by atoms with Crippen molar-refractivity contribution in [2.75, 3.05) is 29.2 Å². The van der Waals surface area contributed by atoms with E-state index < -0.39 is 21.9 Å². The van der Waals surface area contributed by atoms with Crippen LogP contribution in [0.4, 0.5) is 27.5 Å². The lowest BCUT2D eigenvalue weighted by Gasteiger charge is -2.39. The third kappa shape index (κ3) is 3.87. The third-order valence-electron chi connectivity index (χ3n) is 5.37. The van der Waals surface area contributed by atoms with Crippen LogP contribution in [0.3, 0.4) is 0 Å². The van der Waals surface area contributed by atoms with Gasteiger partial charge in [-0.15, -0.1) is 0 Å². The highest BCUT2D eigenvalue weighted by Crippen LogP contribution is 2.40. The molecule has 1 atom stereocenters. The zero-order chi connectivity index (χ0) is 23.2. The Morgan fingerprint density at radius 1 is 1.12 bits per heavy atom. The molecule has 9 nitrogen and oxygen atoms in total. The molecule has 0 bridgehead atoms. The minimum absolute atomic E-state index is 0.0115. The van der Waals surface area contributed by atoms with Crippen molar-refractivity contribution in [1.29, 1.82) is 0 Å². The van der Waals surface area contributed by atoms with Gasteiger partial charge in [-0.2, -0.15) is 4.98 Å². The van der Waals surface area contributed by atoms with Gasteiger partial charge in [0.25, 0.3) is 5.91 Å². The monoisotopic (exact) mass is 456 g/mol. The van der Waals surface area contributed by atoms with Crippen LogP contribution in [-0.4, -0.2) is 38.4 Å². The molecule has 11 heteroatoms. The van der Waals surface area contributed by atoms with Crippen molar-refractivity contribution in [2.24, 2.45) is 5.14 Å². The number of nitrogens with one attached hydrogen (secondary N) is 1. The maximum absolute atomic E-state index is 13.9. The van der Waals surface area contributed by atoms with E-state index in [4.69, 9.17) is 5.14 Å². The molecule has 1 aliphatic rings. The molecule has 1 aromatic heterocycles. The van der Waals surface area contributed by atoms with E-state index >= 15 is 0 Å². The summed E-state index contributed by atoms with van der Waals surface area (Å²) in [6, 6.07) is 9.44. The molecule has 4 rings (SSSR count). The summed E-state index contributed by atoms with van der Waals surface area (Å²) in [7, 11) is -0.450. The number of nitrogens with zero attached hydrogens (tertiary/aromatic N) is 4. The van der Waals surface area contributed by atoms with Crippen LogP contribution >= 0.6 is 0 Å². The van der Waals surface area contributed by atoms with Gasteiger partial charge in [0.05, 0.1) is 11.1 Å². The number of carbonyl (C=O) groups excluding carboxylic acids is 1. The van der Waals surface area contributed by atoms with Crippen molar-refractivity contribution < 1.29 is 17.6 Å². The molecule has 1 aliphatic heterocycles. The van der Waals surface area contributed by atoms with Gasteiger partial charge in [-0.3, -0.25) is 4.79 Å². The number of hydrogen-bond acceptors (Lipinski definition) is 7. The molecule has 0 aliphatic carbocycles. The van der Waals surface area contributed by atoms with Crippen molar-refractivity contribution in [3.63, 3.8) is 0 Å². The van der Waals surface area contributed by atoms with Crippen molar-refractivity contribution in [3.05, 3.63) is 65.6 Å². The van der Waals surface area contributed by atoms with E-state index in [1.807, 2.05) is 6.92 Å². The first-order valence-electron chi connectivity index (χ1n) is 9.59. The summed E-state index contributed by atoms with van der Waals surface area (Å²) < 4.78 is 36.8. The van der Waals surface area contributed by atoms with E-state index in [1.165, 1.54) is 35.4 Å². The van der Waals surface area contributed by atoms with Crippen LogP contribution in [-0.2, 0) is 14.8 Å². The first kappa shape index (κ1) is 21.7. The first-order valence-corrected chi connectivity index (χ1v) is 11.1. The average molecular weight is 457 g/mol. The van der Waals surface area contributed by atoms with Crippen LogP contribution < -0.4 is 20.3 Å². The highest BCUT2D eigenvalue weighted by atomic mass is 32.2. The molecule has 0 radical (unpaired) electrons. The second-order valence-corrected chi connectivity index (χ2v) is 9.07.